The van der Waals surface area contributed by atoms with E-state index < -0.39 is 0 Å². The number of rotatable bonds is 8. The molecule has 0 saturated carbocycles. The molecule has 7 nitrogen and oxygen atoms in total. The van der Waals surface area contributed by atoms with E-state index in [4.69, 9.17) is 9.84 Å². The van der Waals surface area contributed by atoms with Gasteiger partial charge in [-0.3, -0.25) is 4.98 Å². The average Bonchev–Trinajstić information content (AvgIpc) is 2.67. The third-order valence-electron chi connectivity index (χ3n) is 3.37. The molecule has 3 rings (SSSR count). The molecule has 0 spiro atoms. The minimum Gasteiger partial charge on any atom is -0.491 e. The minimum atomic E-state index is -0.276. The summed E-state index contributed by atoms with van der Waals surface area (Å²) in [5.74, 6) is 1.89. The van der Waals surface area contributed by atoms with E-state index in [2.05, 4.69) is 25.6 Å². The first kappa shape index (κ1) is 17.6. The van der Waals surface area contributed by atoms with Crippen molar-refractivity contribution in [3.05, 3.63) is 66.4 Å². The van der Waals surface area contributed by atoms with Crippen molar-refractivity contribution in [1.29, 1.82) is 0 Å². The fourth-order valence-electron chi connectivity index (χ4n) is 2.20. The summed E-state index contributed by atoms with van der Waals surface area (Å²) >= 11 is 0. The molecule has 0 aliphatic heterocycles. The molecule has 0 aliphatic rings. The Morgan fingerprint density at radius 1 is 1.04 bits per heavy atom. The molecule has 2 aromatic heterocycles. The number of halogens is 1. The van der Waals surface area contributed by atoms with Crippen molar-refractivity contribution in [2.45, 2.75) is 6.54 Å². The first-order valence-electron chi connectivity index (χ1n) is 8.00. The van der Waals surface area contributed by atoms with Crippen molar-refractivity contribution in [3.8, 4) is 5.75 Å². The Balaban J connectivity index is 1.76. The Kier molecular flexibility index (Phi) is 5.89. The van der Waals surface area contributed by atoms with Crippen LogP contribution in [0, 0.1) is 5.82 Å². The van der Waals surface area contributed by atoms with E-state index in [1.807, 2.05) is 0 Å². The summed E-state index contributed by atoms with van der Waals surface area (Å²) in [6.07, 6.45) is 4.73. The first-order chi connectivity index (χ1) is 12.7. The maximum Gasteiger partial charge on any atom is 0.150 e. The molecule has 0 bridgehead atoms. The van der Waals surface area contributed by atoms with E-state index in [1.54, 1.807) is 42.9 Å². The molecule has 26 heavy (non-hydrogen) atoms. The SMILES string of the molecule is OCCOc1cc(NCc2ccc(F)cc2)nc(Nc2cnccn2)c1. The van der Waals surface area contributed by atoms with Gasteiger partial charge in [0.25, 0.3) is 0 Å². The number of anilines is 3. The lowest BCUT2D eigenvalue weighted by atomic mass is 10.2. The van der Waals surface area contributed by atoms with Gasteiger partial charge in [-0.05, 0) is 17.7 Å². The highest BCUT2D eigenvalue weighted by molar-refractivity contribution is 5.57. The summed E-state index contributed by atoms with van der Waals surface area (Å²) in [5.41, 5.74) is 0.915. The molecule has 0 aliphatic carbocycles. The molecule has 0 fully saturated rings. The van der Waals surface area contributed by atoms with Gasteiger partial charge in [0.1, 0.15) is 35.6 Å². The Morgan fingerprint density at radius 2 is 1.85 bits per heavy atom. The van der Waals surface area contributed by atoms with Crippen molar-refractivity contribution in [2.24, 2.45) is 0 Å². The van der Waals surface area contributed by atoms with Gasteiger partial charge in [-0.15, -0.1) is 0 Å². The average molecular weight is 355 g/mol. The second-order valence-electron chi connectivity index (χ2n) is 5.34. The minimum absolute atomic E-state index is 0.0897. The topological polar surface area (TPSA) is 92.2 Å². The van der Waals surface area contributed by atoms with Gasteiger partial charge in [0.05, 0.1) is 12.8 Å². The van der Waals surface area contributed by atoms with E-state index in [1.165, 1.54) is 12.1 Å². The van der Waals surface area contributed by atoms with Crippen LogP contribution in [-0.2, 0) is 6.54 Å². The molecular formula is C18H18FN5O2. The summed E-state index contributed by atoms with van der Waals surface area (Å²) in [6, 6.07) is 9.65. The number of benzene rings is 1. The van der Waals surface area contributed by atoms with Crippen molar-refractivity contribution in [3.63, 3.8) is 0 Å². The Bertz CT molecular complexity index is 831. The predicted octanol–water partition coefficient (Wildman–Crippen LogP) is 2.74. The molecule has 134 valence electrons. The van der Waals surface area contributed by atoms with Gasteiger partial charge in [0, 0.05) is 31.1 Å². The summed E-state index contributed by atoms with van der Waals surface area (Å²) in [5, 5.41) is 15.2. The molecule has 0 amide bonds. The fraction of sp³-hybridized carbons (Fsp3) is 0.167. The van der Waals surface area contributed by atoms with Gasteiger partial charge in [-0.25, -0.2) is 14.4 Å². The van der Waals surface area contributed by atoms with Gasteiger partial charge in [0.2, 0.25) is 0 Å². The van der Waals surface area contributed by atoms with Gasteiger partial charge >= 0.3 is 0 Å². The fourth-order valence-corrected chi connectivity index (χ4v) is 2.20. The number of nitrogens with one attached hydrogen (secondary N) is 2. The lowest BCUT2D eigenvalue weighted by molar-refractivity contribution is 0.201. The van der Waals surface area contributed by atoms with Crippen LogP contribution >= 0.6 is 0 Å². The largest absolute Gasteiger partial charge is 0.491 e. The number of hydrogen-bond donors (Lipinski definition) is 3. The molecule has 0 atom stereocenters. The monoisotopic (exact) mass is 355 g/mol. The molecule has 3 aromatic rings. The molecule has 0 radical (unpaired) electrons. The molecule has 0 unspecified atom stereocenters. The highest BCUT2D eigenvalue weighted by Gasteiger charge is 2.06. The lowest BCUT2D eigenvalue weighted by Crippen LogP contribution is -2.06. The van der Waals surface area contributed by atoms with Crippen molar-refractivity contribution in [1.82, 2.24) is 15.0 Å². The number of aliphatic hydroxyl groups is 1. The number of aromatic nitrogens is 3. The van der Waals surface area contributed by atoms with Crippen LogP contribution in [0.4, 0.5) is 21.8 Å². The van der Waals surface area contributed by atoms with Crippen LogP contribution in [0.3, 0.4) is 0 Å². The lowest BCUT2D eigenvalue weighted by Gasteiger charge is -2.12. The summed E-state index contributed by atoms with van der Waals surface area (Å²) in [7, 11) is 0. The van der Waals surface area contributed by atoms with Crippen molar-refractivity contribution < 1.29 is 14.2 Å². The predicted molar refractivity (Wildman–Crippen MR) is 95.9 cm³/mol. The van der Waals surface area contributed by atoms with Gasteiger partial charge in [-0.2, -0.15) is 0 Å². The van der Waals surface area contributed by atoms with E-state index >= 15 is 0 Å². The molecule has 1 aromatic carbocycles. The third-order valence-corrected chi connectivity index (χ3v) is 3.37. The maximum atomic E-state index is 13.0. The zero-order valence-electron chi connectivity index (χ0n) is 13.9. The Labute approximate surface area is 149 Å². The number of pyridine rings is 1. The van der Waals surface area contributed by atoms with E-state index in [0.717, 1.165) is 5.56 Å². The number of aliphatic hydroxyl groups excluding tert-OH is 1. The highest BCUT2D eigenvalue weighted by atomic mass is 19.1. The summed E-state index contributed by atoms with van der Waals surface area (Å²) in [4.78, 5) is 12.6. The summed E-state index contributed by atoms with van der Waals surface area (Å²) in [6.45, 7) is 0.556. The molecule has 0 saturated heterocycles. The third kappa shape index (κ3) is 5.12. The number of hydrogen-bond acceptors (Lipinski definition) is 7. The standard InChI is InChI=1S/C18H18FN5O2/c19-14-3-1-13(2-4-14)11-22-16-9-15(26-8-7-25)10-17(23-16)24-18-12-20-5-6-21-18/h1-6,9-10,12,25H,7-8,11H2,(H2,21,22,23,24). The number of nitrogens with zero attached hydrogens (tertiary/aromatic N) is 3. The van der Waals surface area contributed by atoms with Crippen LogP contribution < -0.4 is 15.4 Å². The molecule has 8 heteroatoms. The first-order valence-corrected chi connectivity index (χ1v) is 8.00. The number of ether oxygens (including phenoxy) is 1. The van der Waals surface area contributed by atoms with Crippen molar-refractivity contribution >= 4 is 17.5 Å². The van der Waals surface area contributed by atoms with Gasteiger partial charge < -0.3 is 20.5 Å². The van der Waals surface area contributed by atoms with Crippen LogP contribution in [0.5, 0.6) is 5.75 Å². The van der Waals surface area contributed by atoms with E-state index in [0.29, 0.717) is 29.7 Å². The maximum absolute atomic E-state index is 13.0. The van der Waals surface area contributed by atoms with Crippen LogP contribution in [0.25, 0.3) is 0 Å². The van der Waals surface area contributed by atoms with E-state index in [-0.39, 0.29) is 19.0 Å². The highest BCUT2D eigenvalue weighted by Crippen LogP contribution is 2.23. The normalized spacial score (nSPS) is 10.4. The molecular weight excluding hydrogens is 337 g/mol. The zero-order chi connectivity index (χ0) is 18.2. The Hall–Kier alpha value is -3.26. The zero-order valence-corrected chi connectivity index (χ0v) is 13.9. The van der Waals surface area contributed by atoms with Crippen LogP contribution in [-0.4, -0.2) is 33.3 Å². The smallest absolute Gasteiger partial charge is 0.150 e. The Morgan fingerprint density at radius 3 is 2.58 bits per heavy atom. The van der Waals surface area contributed by atoms with Gasteiger partial charge in [0.15, 0.2) is 0 Å². The van der Waals surface area contributed by atoms with Crippen LogP contribution in [0.15, 0.2) is 55.0 Å². The quantitative estimate of drug-likeness (QED) is 0.572. The summed E-state index contributed by atoms with van der Waals surface area (Å²) < 4.78 is 18.5. The van der Waals surface area contributed by atoms with Crippen molar-refractivity contribution in [2.75, 3.05) is 23.8 Å². The second kappa shape index (κ2) is 8.72. The van der Waals surface area contributed by atoms with Crippen LogP contribution in [0.1, 0.15) is 5.56 Å². The second-order valence-corrected chi connectivity index (χ2v) is 5.34. The van der Waals surface area contributed by atoms with E-state index in [9.17, 15) is 4.39 Å². The van der Waals surface area contributed by atoms with Gasteiger partial charge in [-0.1, -0.05) is 12.1 Å². The molecule has 2 heterocycles. The molecule has 3 N–H and O–H groups in total. The van der Waals surface area contributed by atoms with Crippen LogP contribution in [0.2, 0.25) is 0 Å².